The molecule has 29 heavy (non-hydrogen) atoms. The third-order valence-corrected chi connectivity index (χ3v) is 6.54. The molecule has 7 heteroatoms. The maximum Gasteiger partial charge on any atom is 0.229 e. The highest BCUT2D eigenvalue weighted by molar-refractivity contribution is 5.86. The molecule has 0 saturated carbocycles. The molecule has 1 unspecified atom stereocenters. The van der Waals surface area contributed by atoms with Gasteiger partial charge in [0, 0.05) is 38.6 Å². The number of nitrogens with two attached hydrogens (primary N) is 1. The summed E-state index contributed by atoms with van der Waals surface area (Å²) in [6, 6.07) is 10.8. The summed E-state index contributed by atoms with van der Waals surface area (Å²) in [5.41, 5.74) is 8.73. The molecule has 7 nitrogen and oxygen atoms in total. The predicted octanol–water partition coefficient (Wildman–Crippen LogP) is 2.83. The molecule has 0 amide bonds. The number of anilines is 2. The third kappa shape index (κ3) is 3.55. The second-order valence-corrected chi connectivity index (χ2v) is 8.74. The second kappa shape index (κ2) is 7.30. The minimum atomic E-state index is 0.310. The van der Waals surface area contributed by atoms with Gasteiger partial charge in [0.2, 0.25) is 5.95 Å². The fourth-order valence-electron chi connectivity index (χ4n) is 5.17. The van der Waals surface area contributed by atoms with Crippen LogP contribution in [-0.2, 0) is 13.6 Å². The van der Waals surface area contributed by atoms with E-state index < -0.39 is 0 Å². The van der Waals surface area contributed by atoms with E-state index in [-0.39, 0.29) is 0 Å². The molecule has 2 aliphatic heterocycles. The molecule has 0 bridgehead atoms. The maximum atomic E-state index is 6.22. The number of likely N-dealkylation sites (tertiary alicyclic amines) is 1. The Morgan fingerprint density at radius 1 is 1.03 bits per heavy atom. The lowest BCUT2D eigenvalue weighted by atomic mass is 9.73. The van der Waals surface area contributed by atoms with Crippen LogP contribution in [0.2, 0.25) is 0 Å². The largest absolute Gasteiger partial charge is 0.383 e. The molecule has 152 valence electrons. The molecular formula is C22H29N7. The molecule has 2 aliphatic rings. The summed E-state index contributed by atoms with van der Waals surface area (Å²) in [5, 5.41) is 5.11. The van der Waals surface area contributed by atoms with E-state index in [2.05, 4.69) is 50.2 Å². The SMILES string of the molecule is Cn1ncc2c(N)nc(N3CCCC4(CCCN(Cc5ccccc5)C4)C3)nc21. The summed E-state index contributed by atoms with van der Waals surface area (Å²) in [5.74, 6) is 1.27. The normalized spacial score (nSPS) is 23.1. The van der Waals surface area contributed by atoms with E-state index >= 15 is 0 Å². The Labute approximate surface area is 171 Å². The molecule has 1 aromatic carbocycles. The van der Waals surface area contributed by atoms with Crippen LogP contribution in [0.15, 0.2) is 36.5 Å². The van der Waals surface area contributed by atoms with Gasteiger partial charge in [-0.1, -0.05) is 30.3 Å². The molecule has 5 rings (SSSR count). The lowest BCUT2D eigenvalue weighted by Gasteiger charge is -2.48. The Kier molecular flexibility index (Phi) is 4.62. The Balaban J connectivity index is 1.36. The van der Waals surface area contributed by atoms with Crippen molar-refractivity contribution < 1.29 is 0 Å². The smallest absolute Gasteiger partial charge is 0.229 e. The molecular weight excluding hydrogens is 362 g/mol. The topological polar surface area (TPSA) is 76.1 Å². The van der Waals surface area contributed by atoms with Crippen molar-refractivity contribution in [1.29, 1.82) is 0 Å². The van der Waals surface area contributed by atoms with Gasteiger partial charge in [-0.25, -0.2) is 0 Å². The van der Waals surface area contributed by atoms with Crippen molar-refractivity contribution in [2.45, 2.75) is 32.2 Å². The van der Waals surface area contributed by atoms with Crippen molar-refractivity contribution in [3.05, 3.63) is 42.1 Å². The number of nitrogen functional groups attached to an aromatic ring is 1. The zero-order valence-corrected chi connectivity index (χ0v) is 17.1. The van der Waals surface area contributed by atoms with Gasteiger partial charge in [0.05, 0.1) is 11.6 Å². The van der Waals surface area contributed by atoms with Gasteiger partial charge in [0.25, 0.3) is 0 Å². The van der Waals surface area contributed by atoms with Gasteiger partial charge in [0.15, 0.2) is 5.65 Å². The highest BCUT2D eigenvalue weighted by atomic mass is 15.3. The summed E-state index contributed by atoms with van der Waals surface area (Å²) in [6.45, 7) is 5.35. The molecule has 2 aromatic heterocycles. The number of aryl methyl sites for hydroxylation is 1. The van der Waals surface area contributed by atoms with Gasteiger partial charge in [-0.05, 0) is 37.8 Å². The molecule has 2 N–H and O–H groups in total. The van der Waals surface area contributed by atoms with E-state index in [0.29, 0.717) is 11.2 Å². The standard InChI is InChI=1S/C22H29N7/c1-27-20-18(13-24-27)19(23)25-21(26-20)29-12-6-10-22(16-29)9-5-11-28(15-22)14-17-7-3-2-4-8-17/h2-4,7-8,13H,5-6,9-12,14-16H2,1H3,(H2,23,25,26). The second-order valence-electron chi connectivity index (χ2n) is 8.74. The Morgan fingerprint density at radius 3 is 2.66 bits per heavy atom. The molecule has 1 spiro atoms. The number of rotatable bonds is 3. The molecule has 3 aromatic rings. The molecule has 4 heterocycles. The van der Waals surface area contributed by atoms with Crippen molar-refractivity contribution in [1.82, 2.24) is 24.6 Å². The van der Waals surface area contributed by atoms with Crippen LogP contribution in [0.25, 0.3) is 11.0 Å². The fraction of sp³-hybridized carbons (Fsp3) is 0.500. The Hall–Kier alpha value is -2.67. The number of aromatic nitrogens is 4. The third-order valence-electron chi connectivity index (χ3n) is 6.54. The molecule has 0 radical (unpaired) electrons. The number of nitrogens with zero attached hydrogens (tertiary/aromatic N) is 6. The van der Waals surface area contributed by atoms with E-state index in [1.165, 1.54) is 37.8 Å². The lowest BCUT2D eigenvalue weighted by molar-refractivity contribution is 0.0681. The van der Waals surface area contributed by atoms with Gasteiger partial charge < -0.3 is 10.6 Å². The quantitative estimate of drug-likeness (QED) is 0.740. The van der Waals surface area contributed by atoms with Gasteiger partial charge in [-0.3, -0.25) is 9.58 Å². The number of benzene rings is 1. The van der Waals surface area contributed by atoms with Gasteiger partial charge >= 0.3 is 0 Å². The van der Waals surface area contributed by atoms with Crippen molar-refractivity contribution in [3.63, 3.8) is 0 Å². The lowest BCUT2D eigenvalue weighted by Crippen LogP contribution is -2.52. The van der Waals surface area contributed by atoms with Crippen LogP contribution in [0, 0.1) is 5.41 Å². The zero-order chi connectivity index (χ0) is 19.8. The van der Waals surface area contributed by atoms with E-state index in [0.717, 1.165) is 43.2 Å². The van der Waals surface area contributed by atoms with Crippen LogP contribution < -0.4 is 10.6 Å². The first kappa shape index (κ1) is 18.4. The summed E-state index contributed by atoms with van der Waals surface area (Å²) in [7, 11) is 1.90. The Bertz CT molecular complexity index is 995. The zero-order valence-electron chi connectivity index (χ0n) is 17.1. The van der Waals surface area contributed by atoms with Crippen LogP contribution in [0.1, 0.15) is 31.2 Å². The van der Waals surface area contributed by atoms with Crippen LogP contribution in [0.4, 0.5) is 11.8 Å². The van der Waals surface area contributed by atoms with Gasteiger partial charge in [-0.2, -0.15) is 15.1 Å². The van der Waals surface area contributed by atoms with Crippen LogP contribution in [0.3, 0.4) is 0 Å². The molecule has 0 aliphatic carbocycles. The van der Waals surface area contributed by atoms with E-state index in [9.17, 15) is 0 Å². The first-order chi connectivity index (χ1) is 14.1. The Morgan fingerprint density at radius 2 is 1.83 bits per heavy atom. The monoisotopic (exact) mass is 391 g/mol. The predicted molar refractivity (Wildman–Crippen MR) is 116 cm³/mol. The van der Waals surface area contributed by atoms with Crippen LogP contribution in [-0.4, -0.2) is 50.8 Å². The minimum Gasteiger partial charge on any atom is -0.383 e. The maximum absolute atomic E-state index is 6.22. The van der Waals surface area contributed by atoms with Crippen LogP contribution in [0.5, 0.6) is 0 Å². The molecule has 2 fully saturated rings. The van der Waals surface area contributed by atoms with E-state index in [1.807, 2.05) is 7.05 Å². The number of piperidine rings is 2. The average molecular weight is 392 g/mol. The van der Waals surface area contributed by atoms with Crippen molar-refractivity contribution in [2.75, 3.05) is 36.8 Å². The number of hydrogen-bond acceptors (Lipinski definition) is 6. The summed E-state index contributed by atoms with van der Waals surface area (Å²) >= 11 is 0. The van der Waals surface area contributed by atoms with E-state index in [1.54, 1.807) is 10.9 Å². The first-order valence-corrected chi connectivity index (χ1v) is 10.6. The molecule has 2 saturated heterocycles. The number of fused-ring (bicyclic) bond motifs is 1. The minimum absolute atomic E-state index is 0.310. The molecule has 1 atom stereocenters. The van der Waals surface area contributed by atoms with Gasteiger partial charge in [-0.15, -0.1) is 0 Å². The van der Waals surface area contributed by atoms with Crippen molar-refractivity contribution >= 4 is 22.8 Å². The van der Waals surface area contributed by atoms with Crippen molar-refractivity contribution in [2.24, 2.45) is 12.5 Å². The highest BCUT2D eigenvalue weighted by Gasteiger charge is 2.40. The fourth-order valence-corrected chi connectivity index (χ4v) is 5.17. The average Bonchev–Trinajstić information content (AvgIpc) is 3.10. The van der Waals surface area contributed by atoms with Crippen LogP contribution >= 0.6 is 0 Å². The van der Waals surface area contributed by atoms with Crippen molar-refractivity contribution in [3.8, 4) is 0 Å². The summed E-state index contributed by atoms with van der Waals surface area (Å²) in [4.78, 5) is 14.4. The summed E-state index contributed by atoms with van der Waals surface area (Å²) in [6.07, 6.45) is 6.72. The first-order valence-electron chi connectivity index (χ1n) is 10.6. The summed E-state index contributed by atoms with van der Waals surface area (Å²) < 4.78 is 1.78. The number of hydrogen-bond donors (Lipinski definition) is 1. The highest BCUT2D eigenvalue weighted by Crippen LogP contribution is 2.40. The van der Waals surface area contributed by atoms with E-state index in [4.69, 9.17) is 10.7 Å². The van der Waals surface area contributed by atoms with Gasteiger partial charge in [0.1, 0.15) is 5.82 Å².